The van der Waals surface area contributed by atoms with Crippen molar-refractivity contribution < 1.29 is 16.8 Å². The number of fused-ring (bicyclic) bond motifs is 3. The van der Waals surface area contributed by atoms with Gasteiger partial charge >= 0.3 is 0 Å². The molecule has 0 aliphatic carbocycles. The summed E-state index contributed by atoms with van der Waals surface area (Å²) in [5.41, 5.74) is 0. The van der Waals surface area contributed by atoms with Crippen LogP contribution in [0.2, 0.25) is 0 Å². The molecule has 0 amide bonds. The van der Waals surface area contributed by atoms with Crippen molar-refractivity contribution in [1.29, 1.82) is 0 Å². The smallest absolute Gasteiger partial charge is 0.184 e. The van der Waals surface area contributed by atoms with Crippen molar-refractivity contribution in [3.63, 3.8) is 0 Å². The second kappa shape index (κ2) is 6.98. The number of thiophene rings is 2. The van der Waals surface area contributed by atoms with Crippen LogP contribution in [0.15, 0.2) is 81.2 Å². The lowest BCUT2D eigenvalue weighted by Crippen LogP contribution is -2.72. The van der Waals surface area contributed by atoms with Gasteiger partial charge in [0, 0.05) is 22.3 Å². The maximum Gasteiger partial charge on any atom is 0.184 e. The van der Waals surface area contributed by atoms with Gasteiger partial charge in [0.15, 0.2) is 27.7 Å². The molecule has 31 heavy (non-hydrogen) atoms. The van der Waals surface area contributed by atoms with Crippen LogP contribution in [0.1, 0.15) is 0 Å². The second-order valence-electron chi connectivity index (χ2n) is 7.64. The molecule has 0 spiro atoms. The van der Waals surface area contributed by atoms with Crippen molar-refractivity contribution in [2.45, 2.75) is 8.42 Å². The van der Waals surface area contributed by atoms with Gasteiger partial charge in [-0.3, -0.25) is 0 Å². The first-order valence-corrected chi connectivity index (χ1v) is 16.8. The first kappa shape index (κ1) is 20.8. The van der Waals surface area contributed by atoms with Crippen LogP contribution in [0.3, 0.4) is 0 Å². The highest BCUT2D eigenvalue weighted by Crippen LogP contribution is 2.41. The SMILES string of the molecule is CS(=O)(=O)c1cc2c(s1)-c1sc(S(C)(=O)=O)cc1[Si]2(c1ccccc1)c1ccccc1. The molecule has 0 bridgehead atoms. The summed E-state index contributed by atoms with van der Waals surface area (Å²) >= 11 is 2.50. The van der Waals surface area contributed by atoms with Crippen molar-refractivity contribution in [1.82, 2.24) is 0 Å². The van der Waals surface area contributed by atoms with E-state index in [1.54, 1.807) is 0 Å². The van der Waals surface area contributed by atoms with Gasteiger partial charge in [0.2, 0.25) is 0 Å². The zero-order chi connectivity index (χ0) is 22.0. The van der Waals surface area contributed by atoms with Crippen LogP contribution in [-0.4, -0.2) is 37.4 Å². The topological polar surface area (TPSA) is 68.3 Å². The Hall–Kier alpha value is -2.04. The molecule has 2 aromatic carbocycles. The monoisotopic (exact) mass is 502 g/mol. The summed E-state index contributed by atoms with van der Waals surface area (Å²) in [5, 5.41) is 4.27. The van der Waals surface area contributed by atoms with Crippen LogP contribution in [0.5, 0.6) is 0 Å². The minimum Gasteiger partial charge on any atom is -0.223 e. The fourth-order valence-corrected chi connectivity index (χ4v) is 15.2. The van der Waals surface area contributed by atoms with E-state index in [1.165, 1.54) is 35.2 Å². The molecule has 5 rings (SSSR count). The maximum absolute atomic E-state index is 12.4. The van der Waals surface area contributed by atoms with E-state index in [0.717, 1.165) is 30.5 Å². The van der Waals surface area contributed by atoms with Gasteiger partial charge in [-0.25, -0.2) is 16.8 Å². The van der Waals surface area contributed by atoms with Crippen molar-refractivity contribution in [2.75, 3.05) is 12.5 Å². The lowest BCUT2D eigenvalue weighted by Gasteiger charge is -2.29. The van der Waals surface area contributed by atoms with Gasteiger partial charge in [0.25, 0.3) is 0 Å². The van der Waals surface area contributed by atoms with E-state index in [-0.39, 0.29) is 0 Å². The van der Waals surface area contributed by atoms with Gasteiger partial charge in [-0.05, 0) is 32.9 Å². The molecule has 0 unspecified atom stereocenters. The molecular weight excluding hydrogens is 485 g/mol. The van der Waals surface area contributed by atoms with E-state index in [0.29, 0.717) is 8.42 Å². The Bertz CT molecular complexity index is 1400. The van der Waals surface area contributed by atoms with Crippen molar-refractivity contribution in [2.24, 2.45) is 0 Å². The molecule has 0 saturated heterocycles. The summed E-state index contributed by atoms with van der Waals surface area (Å²) < 4.78 is 50.4. The number of hydrogen-bond acceptors (Lipinski definition) is 6. The number of sulfone groups is 2. The second-order valence-corrected chi connectivity index (χ2v) is 18.0. The standard InChI is InChI=1S/C22H18O4S4Si/c1-29(23,24)19-13-17-21(27-19)22-18(14-20(28-22)30(2,25)26)31(17,15-9-5-3-6-10-15)16-11-7-4-8-12-16/h3-14H,1-2H3. The van der Waals surface area contributed by atoms with Crippen LogP contribution in [0, 0.1) is 0 Å². The van der Waals surface area contributed by atoms with E-state index in [9.17, 15) is 16.8 Å². The molecule has 9 heteroatoms. The predicted molar refractivity (Wildman–Crippen MR) is 131 cm³/mol. The molecule has 4 nitrogen and oxygen atoms in total. The van der Waals surface area contributed by atoms with Crippen LogP contribution in [0.25, 0.3) is 9.75 Å². The molecule has 158 valence electrons. The Labute approximate surface area is 190 Å². The zero-order valence-electron chi connectivity index (χ0n) is 16.7. The quantitative estimate of drug-likeness (QED) is 0.353. The van der Waals surface area contributed by atoms with Crippen molar-refractivity contribution in [3.8, 4) is 9.75 Å². The van der Waals surface area contributed by atoms with Gasteiger partial charge in [0.1, 0.15) is 8.42 Å². The van der Waals surface area contributed by atoms with Gasteiger partial charge in [-0.1, -0.05) is 60.7 Å². The molecule has 1 aliphatic heterocycles. The molecule has 0 saturated carbocycles. The Morgan fingerprint density at radius 3 is 1.29 bits per heavy atom. The molecule has 0 N–H and O–H groups in total. The fourth-order valence-electron chi connectivity index (χ4n) is 4.31. The van der Waals surface area contributed by atoms with Crippen LogP contribution < -0.4 is 20.7 Å². The van der Waals surface area contributed by atoms with E-state index in [1.807, 2.05) is 48.5 Å². The average molecular weight is 503 g/mol. The van der Waals surface area contributed by atoms with Crippen molar-refractivity contribution >= 4 is 71.2 Å². The van der Waals surface area contributed by atoms with Gasteiger partial charge in [-0.15, -0.1) is 22.7 Å². The number of benzene rings is 2. The van der Waals surface area contributed by atoms with Crippen LogP contribution in [-0.2, 0) is 19.7 Å². The molecular formula is C22H18O4S4Si. The van der Waals surface area contributed by atoms with Gasteiger partial charge in [-0.2, -0.15) is 0 Å². The minimum absolute atomic E-state index is 0.321. The zero-order valence-corrected chi connectivity index (χ0v) is 21.0. The Morgan fingerprint density at radius 1 is 0.613 bits per heavy atom. The third-order valence-corrected chi connectivity index (χ3v) is 16.8. The first-order valence-electron chi connectivity index (χ1n) is 9.43. The highest BCUT2D eigenvalue weighted by molar-refractivity contribution is 7.93. The number of rotatable bonds is 4. The fraction of sp³-hybridized carbons (Fsp3) is 0.0909. The summed E-state index contributed by atoms with van der Waals surface area (Å²) in [5.74, 6) is 0. The molecule has 0 fully saturated rings. The largest absolute Gasteiger partial charge is 0.223 e. The Balaban J connectivity index is 1.98. The van der Waals surface area contributed by atoms with E-state index in [4.69, 9.17) is 0 Å². The summed E-state index contributed by atoms with van der Waals surface area (Å²) in [6.45, 7) is 0. The summed E-state index contributed by atoms with van der Waals surface area (Å²) in [4.78, 5) is 1.77. The Kier molecular flexibility index (Phi) is 4.69. The molecule has 4 aromatic rings. The van der Waals surface area contributed by atoms with Crippen molar-refractivity contribution in [3.05, 3.63) is 72.8 Å². The van der Waals surface area contributed by atoms with Gasteiger partial charge in [0.05, 0.1) is 0 Å². The van der Waals surface area contributed by atoms with Crippen LogP contribution in [0.4, 0.5) is 0 Å². The van der Waals surface area contributed by atoms with E-state index in [2.05, 4.69) is 24.3 Å². The first-order chi connectivity index (χ1) is 14.6. The van der Waals surface area contributed by atoms with E-state index < -0.39 is 27.7 Å². The molecule has 1 aliphatic rings. The lowest BCUT2D eigenvalue weighted by molar-refractivity contribution is 0.602. The molecule has 3 heterocycles. The normalized spacial score (nSPS) is 14.9. The summed E-state index contributed by atoms with van der Waals surface area (Å²) in [6, 6.07) is 23.8. The average Bonchev–Trinajstić information content (AvgIpc) is 3.39. The summed E-state index contributed by atoms with van der Waals surface area (Å²) in [7, 11) is -9.63. The molecule has 0 atom stereocenters. The maximum atomic E-state index is 12.4. The van der Waals surface area contributed by atoms with E-state index >= 15 is 0 Å². The third-order valence-electron chi connectivity index (χ3n) is 5.58. The molecule has 2 aromatic heterocycles. The van der Waals surface area contributed by atoms with Gasteiger partial charge < -0.3 is 0 Å². The van der Waals surface area contributed by atoms with Crippen LogP contribution >= 0.6 is 22.7 Å². The third kappa shape index (κ3) is 3.10. The highest BCUT2D eigenvalue weighted by atomic mass is 32.2. The molecule has 0 radical (unpaired) electrons. The highest BCUT2D eigenvalue weighted by Gasteiger charge is 2.51. The lowest BCUT2D eigenvalue weighted by atomic mass is 10.4. The minimum atomic E-state index is -3.39. The number of hydrogen-bond donors (Lipinski definition) is 0. The Morgan fingerprint density at radius 2 is 0.968 bits per heavy atom. The summed E-state index contributed by atoms with van der Waals surface area (Å²) in [6.07, 6.45) is 2.44. The predicted octanol–water partition coefficient (Wildman–Crippen LogP) is 1.97.